The summed E-state index contributed by atoms with van der Waals surface area (Å²) in [6.07, 6.45) is 1.30. The van der Waals surface area contributed by atoms with Gasteiger partial charge in [0.05, 0.1) is 4.92 Å². The highest BCUT2D eigenvalue weighted by molar-refractivity contribution is 5.97. The molecule has 2 aromatic rings. The smallest absolute Gasteiger partial charge is 0.269 e. The average Bonchev–Trinajstić information content (AvgIpc) is 2.75. The first-order valence-corrected chi connectivity index (χ1v) is 8.89. The molecule has 8 nitrogen and oxygen atoms in total. The van der Waals surface area contributed by atoms with Gasteiger partial charge in [0.1, 0.15) is 17.5 Å². The van der Waals surface area contributed by atoms with Crippen LogP contribution in [-0.4, -0.2) is 41.9 Å². The minimum Gasteiger partial charge on any atom is -0.368 e. The van der Waals surface area contributed by atoms with Crippen LogP contribution in [0.15, 0.2) is 60.3 Å². The molecule has 9 heteroatoms. The fourth-order valence-corrected chi connectivity index (χ4v) is 2.97. The molecule has 0 aliphatic carbocycles. The number of carbonyl (C=O) groups is 1. The molecule has 1 saturated heterocycles. The van der Waals surface area contributed by atoms with Gasteiger partial charge in [-0.05, 0) is 36.4 Å². The van der Waals surface area contributed by atoms with Gasteiger partial charge in [0.15, 0.2) is 0 Å². The monoisotopic (exact) mass is 395 g/mol. The van der Waals surface area contributed by atoms with Crippen LogP contribution in [0.25, 0.3) is 0 Å². The molecular formula is C20H18FN5O3. The lowest BCUT2D eigenvalue weighted by Gasteiger charge is -2.36. The van der Waals surface area contributed by atoms with E-state index < -0.39 is 4.92 Å². The highest BCUT2D eigenvalue weighted by Crippen LogP contribution is 2.18. The average molecular weight is 395 g/mol. The predicted octanol–water partition coefficient (Wildman–Crippen LogP) is 2.90. The molecule has 1 aliphatic rings. The maximum atomic E-state index is 13.1. The zero-order chi connectivity index (χ0) is 20.8. The number of nitrogens with zero attached hydrogens (tertiary/aromatic N) is 4. The lowest BCUT2D eigenvalue weighted by molar-refractivity contribution is -0.384. The van der Waals surface area contributed by atoms with Gasteiger partial charge in [0.2, 0.25) is 0 Å². The van der Waals surface area contributed by atoms with Crippen molar-refractivity contribution in [1.29, 1.82) is 5.26 Å². The Hall–Kier alpha value is -3.93. The third-order valence-corrected chi connectivity index (χ3v) is 4.57. The summed E-state index contributed by atoms with van der Waals surface area (Å²) in [6, 6.07) is 13.7. The molecule has 29 heavy (non-hydrogen) atoms. The van der Waals surface area contributed by atoms with Crippen LogP contribution in [0.3, 0.4) is 0 Å². The molecule has 0 unspecified atom stereocenters. The Morgan fingerprint density at radius 3 is 2.28 bits per heavy atom. The minimum atomic E-state index is -0.505. The van der Waals surface area contributed by atoms with Gasteiger partial charge in [-0.25, -0.2) is 4.39 Å². The van der Waals surface area contributed by atoms with Gasteiger partial charge in [-0.15, -0.1) is 0 Å². The Morgan fingerprint density at radius 1 is 1.10 bits per heavy atom. The summed E-state index contributed by atoms with van der Waals surface area (Å²) >= 11 is 0. The van der Waals surface area contributed by atoms with Crippen molar-refractivity contribution in [2.45, 2.75) is 0 Å². The number of halogens is 1. The molecule has 3 rings (SSSR count). The Balaban J connectivity index is 1.59. The maximum absolute atomic E-state index is 13.1. The van der Waals surface area contributed by atoms with Crippen molar-refractivity contribution in [3.05, 3.63) is 76.2 Å². The molecule has 1 N–H and O–H groups in total. The number of benzene rings is 2. The zero-order valence-corrected chi connectivity index (χ0v) is 15.4. The van der Waals surface area contributed by atoms with Crippen LogP contribution in [-0.2, 0) is 4.79 Å². The van der Waals surface area contributed by atoms with Crippen molar-refractivity contribution in [1.82, 2.24) is 4.90 Å². The van der Waals surface area contributed by atoms with Crippen molar-refractivity contribution in [2.24, 2.45) is 0 Å². The third-order valence-electron chi connectivity index (χ3n) is 4.57. The van der Waals surface area contributed by atoms with Crippen LogP contribution in [0, 0.1) is 27.3 Å². The second-order valence-electron chi connectivity index (χ2n) is 6.37. The zero-order valence-electron chi connectivity index (χ0n) is 15.4. The van der Waals surface area contributed by atoms with Gasteiger partial charge in [-0.2, -0.15) is 5.26 Å². The topological polar surface area (TPSA) is 103 Å². The summed E-state index contributed by atoms with van der Waals surface area (Å²) in [6.45, 7) is 2.03. The minimum absolute atomic E-state index is 0.0462. The van der Waals surface area contributed by atoms with Crippen molar-refractivity contribution >= 4 is 23.0 Å². The van der Waals surface area contributed by atoms with Crippen LogP contribution in [0.4, 0.5) is 21.5 Å². The van der Waals surface area contributed by atoms with E-state index in [4.69, 9.17) is 0 Å². The lowest BCUT2D eigenvalue weighted by Crippen LogP contribution is -2.49. The van der Waals surface area contributed by atoms with E-state index in [1.54, 1.807) is 17.0 Å². The first-order chi connectivity index (χ1) is 14.0. The van der Waals surface area contributed by atoms with Gasteiger partial charge in [0, 0.05) is 55.9 Å². The predicted molar refractivity (Wildman–Crippen MR) is 106 cm³/mol. The number of nitrogens with one attached hydrogen (secondary N) is 1. The fourth-order valence-electron chi connectivity index (χ4n) is 2.97. The lowest BCUT2D eigenvalue weighted by atomic mass is 10.2. The number of nitro benzene ring substituents is 1. The first-order valence-electron chi connectivity index (χ1n) is 8.89. The van der Waals surface area contributed by atoms with Crippen LogP contribution in [0.5, 0.6) is 0 Å². The van der Waals surface area contributed by atoms with E-state index in [-0.39, 0.29) is 23.0 Å². The van der Waals surface area contributed by atoms with Crippen LogP contribution in [0.2, 0.25) is 0 Å². The molecular weight excluding hydrogens is 377 g/mol. The van der Waals surface area contributed by atoms with Gasteiger partial charge in [-0.1, -0.05) is 0 Å². The molecule has 1 fully saturated rings. The standard InChI is InChI=1S/C20H18FN5O3/c21-16-1-5-18(6-2-16)24-9-11-25(12-10-24)20(27)15(13-22)14-23-17-3-7-19(8-4-17)26(28)29/h1-8,14,23H,9-12H2/b15-14-. The number of hydrogen-bond donors (Lipinski definition) is 1. The number of hydrogen-bond acceptors (Lipinski definition) is 6. The van der Waals surface area contributed by atoms with Crippen LogP contribution >= 0.6 is 0 Å². The van der Waals surface area contributed by atoms with Gasteiger partial charge >= 0.3 is 0 Å². The second kappa shape index (κ2) is 8.84. The summed E-state index contributed by atoms with van der Waals surface area (Å²) in [5, 5.41) is 22.8. The Kier molecular flexibility index (Phi) is 6.04. The highest BCUT2D eigenvalue weighted by Gasteiger charge is 2.24. The molecule has 0 radical (unpaired) electrons. The van der Waals surface area contributed by atoms with Crippen molar-refractivity contribution in [3.8, 4) is 6.07 Å². The van der Waals surface area contributed by atoms with Crippen molar-refractivity contribution in [3.63, 3.8) is 0 Å². The SMILES string of the molecule is N#C/C(=C/Nc1ccc([N+](=O)[O-])cc1)C(=O)N1CCN(c2ccc(F)cc2)CC1. The summed E-state index contributed by atoms with van der Waals surface area (Å²) in [4.78, 5) is 26.4. The second-order valence-corrected chi connectivity index (χ2v) is 6.37. The van der Waals surface area contributed by atoms with Crippen LogP contribution < -0.4 is 10.2 Å². The molecule has 1 heterocycles. The number of piperazine rings is 1. The van der Waals surface area contributed by atoms with Crippen LogP contribution in [0.1, 0.15) is 0 Å². The Bertz CT molecular complexity index is 959. The number of carbonyl (C=O) groups excluding carboxylic acids is 1. The van der Waals surface area contributed by atoms with Crippen molar-refractivity contribution in [2.75, 3.05) is 36.4 Å². The molecule has 1 aliphatic heterocycles. The number of rotatable bonds is 5. The molecule has 0 aromatic heterocycles. The van der Waals surface area contributed by atoms with Gasteiger partial charge in [-0.3, -0.25) is 14.9 Å². The van der Waals surface area contributed by atoms with E-state index >= 15 is 0 Å². The maximum Gasteiger partial charge on any atom is 0.269 e. The molecule has 2 aromatic carbocycles. The molecule has 0 spiro atoms. The number of anilines is 2. The van der Waals surface area contributed by atoms with E-state index in [1.165, 1.54) is 42.6 Å². The fraction of sp³-hybridized carbons (Fsp3) is 0.200. The third kappa shape index (κ3) is 4.87. The van der Waals surface area contributed by atoms with E-state index in [0.29, 0.717) is 31.9 Å². The summed E-state index contributed by atoms with van der Waals surface area (Å²) < 4.78 is 13.1. The summed E-state index contributed by atoms with van der Waals surface area (Å²) in [7, 11) is 0. The van der Waals surface area contributed by atoms with Gasteiger partial charge in [0.25, 0.3) is 11.6 Å². The summed E-state index contributed by atoms with van der Waals surface area (Å²) in [5.41, 5.74) is 1.31. The molecule has 148 valence electrons. The first kappa shape index (κ1) is 19.8. The largest absolute Gasteiger partial charge is 0.368 e. The quantitative estimate of drug-likeness (QED) is 0.361. The molecule has 1 amide bonds. The molecule has 0 bridgehead atoms. The van der Waals surface area contributed by atoms with E-state index in [0.717, 1.165) is 5.69 Å². The van der Waals surface area contributed by atoms with E-state index in [9.17, 15) is 24.6 Å². The number of amides is 1. The molecule has 0 saturated carbocycles. The number of nitro groups is 1. The van der Waals surface area contributed by atoms with E-state index in [2.05, 4.69) is 5.32 Å². The Morgan fingerprint density at radius 2 is 1.72 bits per heavy atom. The van der Waals surface area contributed by atoms with E-state index in [1.807, 2.05) is 11.0 Å². The summed E-state index contributed by atoms with van der Waals surface area (Å²) in [5.74, 6) is -0.687. The highest BCUT2D eigenvalue weighted by atomic mass is 19.1. The van der Waals surface area contributed by atoms with Crippen molar-refractivity contribution < 1.29 is 14.1 Å². The number of nitriles is 1. The van der Waals surface area contributed by atoms with Gasteiger partial charge < -0.3 is 15.1 Å². The normalized spacial score (nSPS) is 14.3. The molecule has 0 atom stereocenters. The Labute approximate surface area is 166 Å². The number of non-ortho nitro benzene ring substituents is 1.